The third kappa shape index (κ3) is 3.80. The number of benzene rings is 1. The highest BCUT2D eigenvalue weighted by molar-refractivity contribution is 5.86. The van der Waals surface area contributed by atoms with Crippen LogP contribution in [0.15, 0.2) is 21.3 Å². The number of halogens is 1. The predicted molar refractivity (Wildman–Crippen MR) is 89.1 cm³/mol. The van der Waals surface area contributed by atoms with Crippen LogP contribution in [0.2, 0.25) is 0 Å². The van der Waals surface area contributed by atoms with E-state index in [0.29, 0.717) is 29.9 Å². The van der Waals surface area contributed by atoms with Crippen molar-refractivity contribution in [1.82, 2.24) is 5.32 Å². The van der Waals surface area contributed by atoms with Gasteiger partial charge in [-0.2, -0.15) is 0 Å². The lowest BCUT2D eigenvalue weighted by Gasteiger charge is -2.11. The largest absolute Gasteiger partial charge is 0.507 e. The summed E-state index contributed by atoms with van der Waals surface area (Å²) in [7, 11) is 1.66. The van der Waals surface area contributed by atoms with E-state index in [9.17, 15) is 9.90 Å². The van der Waals surface area contributed by atoms with E-state index in [2.05, 4.69) is 5.32 Å². The molecule has 0 saturated carbocycles. The second kappa shape index (κ2) is 8.17. The van der Waals surface area contributed by atoms with Gasteiger partial charge in [0.05, 0.1) is 5.56 Å². The number of fused-ring (bicyclic) bond motifs is 1. The lowest BCUT2D eigenvalue weighted by Crippen LogP contribution is -2.17. The molecular formula is C16H22ClNO4. The zero-order valence-electron chi connectivity index (χ0n) is 13.1. The molecule has 6 heteroatoms. The molecule has 0 bridgehead atoms. The number of ether oxygens (including phenoxy) is 1. The molecule has 0 aliphatic carbocycles. The molecule has 1 heterocycles. The Morgan fingerprint density at radius 2 is 2.00 bits per heavy atom. The lowest BCUT2D eigenvalue weighted by molar-refractivity contribution is 0.194. The van der Waals surface area contributed by atoms with Gasteiger partial charge >= 0.3 is 5.63 Å². The number of phenolic OH excluding ortho intramolecular Hbond substituents is 1. The Balaban J connectivity index is 0.00000242. The maximum Gasteiger partial charge on any atom is 0.339 e. The van der Waals surface area contributed by atoms with Crippen molar-refractivity contribution in [3.63, 3.8) is 0 Å². The van der Waals surface area contributed by atoms with Crippen LogP contribution in [-0.2, 0) is 11.3 Å². The maximum absolute atomic E-state index is 11.8. The van der Waals surface area contributed by atoms with E-state index in [-0.39, 0.29) is 23.8 Å². The molecule has 2 aromatic rings. The van der Waals surface area contributed by atoms with Gasteiger partial charge in [0.1, 0.15) is 11.3 Å². The molecule has 0 aliphatic rings. The summed E-state index contributed by atoms with van der Waals surface area (Å²) in [5.74, 6) is 0.133. The zero-order chi connectivity index (χ0) is 15.4. The van der Waals surface area contributed by atoms with E-state index in [1.165, 1.54) is 0 Å². The van der Waals surface area contributed by atoms with Crippen LogP contribution in [0, 0.1) is 13.8 Å². The van der Waals surface area contributed by atoms with E-state index in [1.807, 2.05) is 6.92 Å². The van der Waals surface area contributed by atoms with E-state index >= 15 is 0 Å². The number of aryl methyl sites for hydroxylation is 1. The van der Waals surface area contributed by atoms with Crippen LogP contribution in [0.1, 0.15) is 23.1 Å². The van der Waals surface area contributed by atoms with Crippen molar-refractivity contribution in [1.29, 1.82) is 0 Å². The Bertz CT molecular complexity index is 697. The molecule has 0 amide bonds. The van der Waals surface area contributed by atoms with Gasteiger partial charge in [0.2, 0.25) is 0 Å². The summed E-state index contributed by atoms with van der Waals surface area (Å²) in [5.41, 5.74) is 2.22. The molecule has 0 radical (unpaired) electrons. The summed E-state index contributed by atoms with van der Waals surface area (Å²) in [4.78, 5) is 11.8. The summed E-state index contributed by atoms with van der Waals surface area (Å²) >= 11 is 0. The summed E-state index contributed by atoms with van der Waals surface area (Å²) < 4.78 is 10.4. The first kappa shape index (κ1) is 18.5. The van der Waals surface area contributed by atoms with Crippen molar-refractivity contribution < 1.29 is 14.3 Å². The van der Waals surface area contributed by atoms with Crippen molar-refractivity contribution in [3.05, 3.63) is 39.2 Å². The molecule has 2 rings (SSSR count). The van der Waals surface area contributed by atoms with E-state index in [4.69, 9.17) is 9.15 Å². The lowest BCUT2D eigenvalue weighted by atomic mass is 10.0. The molecule has 0 unspecified atom stereocenters. The molecule has 22 heavy (non-hydrogen) atoms. The second-order valence-electron chi connectivity index (χ2n) is 5.10. The van der Waals surface area contributed by atoms with E-state index in [0.717, 1.165) is 23.9 Å². The molecule has 0 aliphatic heterocycles. The first-order valence-electron chi connectivity index (χ1n) is 7.00. The summed E-state index contributed by atoms with van der Waals surface area (Å²) in [6, 6.07) is 3.42. The predicted octanol–water partition coefficient (Wildman–Crippen LogP) is 2.66. The number of methoxy groups -OCH3 is 1. The standard InChI is InChI=1S/C16H21NO4.ClH/c1-10-11(2)16(19)21-15-12(10)5-6-14(18)13(15)9-17-7-4-8-20-3;/h5-6,17-18H,4,7-9H2,1-3H3;1H. The number of hydrogen-bond donors (Lipinski definition) is 2. The quantitative estimate of drug-likeness (QED) is 0.630. The number of rotatable bonds is 6. The molecule has 1 aromatic carbocycles. The van der Waals surface area contributed by atoms with Crippen LogP contribution in [0.25, 0.3) is 11.0 Å². The van der Waals surface area contributed by atoms with Crippen LogP contribution >= 0.6 is 12.4 Å². The van der Waals surface area contributed by atoms with Gasteiger partial charge in [-0.25, -0.2) is 4.79 Å². The number of hydrogen-bond acceptors (Lipinski definition) is 5. The molecule has 122 valence electrons. The Hall–Kier alpha value is -1.56. The van der Waals surface area contributed by atoms with E-state index < -0.39 is 0 Å². The molecular weight excluding hydrogens is 306 g/mol. The third-order valence-electron chi connectivity index (χ3n) is 3.71. The van der Waals surface area contributed by atoms with Crippen molar-refractivity contribution >= 4 is 23.4 Å². The zero-order valence-corrected chi connectivity index (χ0v) is 13.9. The highest BCUT2D eigenvalue weighted by Crippen LogP contribution is 2.29. The summed E-state index contributed by atoms with van der Waals surface area (Å²) in [6.07, 6.45) is 0.879. The molecule has 0 saturated heterocycles. The van der Waals surface area contributed by atoms with Crippen LogP contribution in [-0.4, -0.2) is 25.4 Å². The van der Waals surface area contributed by atoms with Crippen molar-refractivity contribution in [2.24, 2.45) is 0 Å². The van der Waals surface area contributed by atoms with Crippen molar-refractivity contribution in [2.45, 2.75) is 26.8 Å². The minimum atomic E-state index is -0.355. The number of phenols is 1. The Kier molecular flexibility index (Phi) is 6.87. The van der Waals surface area contributed by atoms with Gasteiger partial charge in [-0.1, -0.05) is 0 Å². The van der Waals surface area contributed by atoms with Gasteiger partial charge in [-0.15, -0.1) is 12.4 Å². The highest BCUT2D eigenvalue weighted by Gasteiger charge is 2.14. The average Bonchev–Trinajstić information content (AvgIpc) is 2.47. The van der Waals surface area contributed by atoms with Gasteiger partial charge in [0, 0.05) is 31.2 Å². The third-order valence-corrected chi connectivity index (χ3v) is 3.71. The Labute approximate surface area is 135 Å². The fourth-order valence-electron chi connectivity index (χ4n) is 2.28. The molecule has 2 N–H and O–H groups in total. The molecule has 5 nitrogen and oxygen atoms in total. The van der Waals surface area contributed by atoms with Gasteiger partial charge in [-0.3, -0.25) is 0 Å². The fourth-order valence-corrected chi connectivity index (χ4v) is 2.28. The topological polar surface area (TPSA) is 71.7 Å². The number of aromatic hydroxyl groups is 1. The van der Waals surface area contributed by atoms with Crippen molar-refractivity contribution in [2.75, 3.05) is 20.3 Å². The van der Waals surface area contributed by atoms with Gasteiger partial charge in [0.25, 0.3) is 0 Å². The fraction of sp³-hybridized carbons (Fsp3) is 0.438. The van der Waals surface area contributed by atoms with Gasteiger partial charge < -0.3 is 19.6 Å². The smallest absolute Gasteiger partial charge is 0.339 e. The second-order valence-corrected chi connectivity index (χ2v) is 5.10. The molecule has 0 atom stereocenters. The SMILES string of the molecule is COCCCNCc1c(O)ccc2c(C)c(C)c(=O)oc12.Cl. The summed E-state index contributed by atoms with van der Waals surface area (Å²) in [6.45, 7) is 5.52. The van der Waals surface area contributed by atoms with Crippen LogP contribution in [0.5, 0.6) is 5.75 Å². The molecule has 0 spiro atoms. The van der Waals surface area contributed by atoms with Gasteiger partial charge in [0.15, 0.2) is 0 Å². The van der Waals surface area contributed by atoms with Crippen molar-refractivity contribution in [3.8, 4) is 5.75 Å². The normalized spacial score (nSPS) is 10.7. The highest BCUT2D eigenvalue weighted by atomic mass is 35.5. The first-order chi connectivity index (χ1) is 10.1. The summed E-state index contributed by atoms with van der Waals surface area (Å²) in [5, 5.41) is 14.1. The van der Waals surface area contributed by atoms with Crippen LogP contribution < -0.4 is 10.9 Å². The van der Waals surface area contributed by atoms with Gasteiger partial charge in [-0.05, 0) is 44.5 Å². The minimum Gasteiger partial charge on any atom is -0.507 e. The first-order valence-corrected chi connectivity index (χ1v) is 7.00. The minimum absolute atomic E-state index is 0. The monoisotopic (exact) mass is 327 g/mol. The molecule has 0 fully saturated rings. The molecule has 1 aromatic heterocycles. The maximum atomic E-state index is 11.8. The van der Waals surface area contributed by atoms with E-state index in [1.54, 1.807) is 26.2 Å². The Morgan fingerprint density at radius 3 is 2.68 bits per heavy atom. The Morgan fingerprint density at radius 1 is 1.27 bits per heavy atom. The number of nitrogens with one attached hydrogen (secondary N) is 1. The van der Waals surface area contributed by atoms with Crippen LogP contribution in [0.4, 0.5) is 0 Å². The van der Waals surface area contributed by atoms with Crippen LogP contribution in [0.3, 0.4) is 0 Å². The average molecular weight is 328 g/mol.